The Balaban J connectivity index is 0.000000845. The van der Waals surface area contributed by atoms with E-state index in [1.54, 1.807) is 0 Å². The fourth-order valence-electron chi connectivity index (χ4n) is 2.52. The van der Waals surface area contributed by atoms with Gasteiger partial charge in [-0.05, 0) is 24.7 Å². The highest BCUT2D eigenvalue weighted by Gasteiger charge is 2.63. The van der Waals surface area contributed by atoms with Crippen LogP contribution in [0.2, 0.25) is 0 Å². The Kier molecular flexibility index (Phi) is 2.52. The van der Waals surface area contributed by atoms with Gasteiger partial charge in [-0.3, -0.25) is 9.59 Å². The van der Waals surface area contributed by atoms with E-state index in [-0.39, 0.29) is 30.2 Å². The Morgan fingerprint density at radius 3 is 2.08 bits per heavy atom. The zero-order valence-corrected chi connectivity index (χ0v) is 7.66. The van der Waals surface area contributed by atoms with E-state index < -0.39 is 17.9 Å². The summed E-state index contributed by atoms with van der Waals surface area (Å²) in [6.45, 7) is 0. The molecule has 0 aliphatic heterocycles. The van der Waals surface area contributed by atoms with Crippen molar-refractivity contribution in [2.24, 2.45) is 23.7 Å². The smallest absolute Gasteiger partial charge is 0.307 e. The second-order valence-electron chi connectivity index (χ2n) is 3.63. The van der Waals surface area contributed by atoms with Crippen molar-refractivity contribution in [2.75, 3.05) is 0 Å². The summed E-state index contributed by atoms with van der Waals surface area (Å²) in [6.07, 6.45) is 1.44. The first-order valence-corrected chi connectivity index (χ1v) is 4.08. The molecule has 0 amide bonds. The maximum atomic E-state index is 10.6. The number of fused-ring (bicyclic) bond motifs is 1. The molecule has 0 bridgehead atoms. The first-order valence-electron chi connectivity index (χ1n) is 4.08. The summed E-state index contributed by atoms with van der Waals surface area (Å²) in [5.41, 5.74) is 0. The monoisotopic (exact) mass is 206 g/mol. The summed E-state index contributed by atoms with van der Waals surface area (Å²) in [7, 11) is 0. The predicted molar refractivity (Wildman–Crippen MR) is 45.7 cm³/mol. The van der Waals surface area contributed by atoms with Crippen LogP contribution in [0.5, 0.6) is 0 Å². The van der Waals surface area contributed by atoms with Crippen molar-refractivity contribution < 1.29 is 19.8 Å². The number of rotatable bonds is 2. The molecule has 4 unspecified atom stereocenters. The van der Waals surface area contributed by atoms with Gasteiger partial charge in [0.25, 0.3) is 0 Å². The molecule has 0 radical (unpaired) electrons. The quantitative estimate of drug-likeness (QED) is 0.703. The Bertz CT molecular complexity index is 253. The molecule has 2 aliphatic carbocycles. The molecule has 0 aromatic rings. The number of carboxylic acid groups (broad SMARTS) is 2. The number of hydrogen-bond acceptors (Lipinski definition) is 2. The molecule has 0 aromatic carbocycles. The Hall–Kier alpha value is -0.770. The molecule has 0 spiro atoms. The van der Waals surface area contributed by atoms with Gasteiger partial charge in [-0.2, -0.15) is 0 Å². The average Bonchev–Trinajstić information content (AvgIpc) is 2.52. The SMILES string of the molecule is Cl.O=C(O)C1CCC2C(C(=O)O)C12. The first-order chi connectivity index (χ1) is 5.63. The number of carboxylic acids is 2. The van der Waals surface area contributed by atoms with Crippen LogP contribution in [0.25, 0.3) is 0 Å². The summed E-state index contributed by atoms with van der Waals surface area (Å²) in [6, 6.07) is 0. The fraction of sp³-hybridized carbons (Fsp3) is 0.750. The molecule has 2 aliphatic rings. The van der Waals surface area contributed by atoms with Crippen molar-refractivity contribution in [2.45, 2.75) is 12.8 Å². The number of carbonyl (C=O) groups is 2. The summed E-state index contributed by atoms with van der Waals surface area (Å²) in [5.74, 6) is -2.32. The van der Waals surface area contributed by atoms with Gasteiger partial charge in [-0.1, -0.05) is 0 Å². The molecular formula is C8H11ClO4. The highest BCUT2D eigenvalue weighted by atomic mass is 35.5. The van der Waals surface area contributed by atoms with E-state index in [4.69, 9.17) is 10.2 Å². The maximum absolute atomic E-state index is 10.6. The van der Waals surface area contributed by atoms with Crippen LogP contribution in [0.3, 0.4) is 0 Å². The van der Waals surface area contributed by atoms with Crippen LogP contribution in [0.1, 0.15) is 12.8 Å². The van der Waals surface area contributed by atoms with E-state index in [1.807, 2.05) is 0 Å². The van der Waals surface area contributed by atoms with Crippen molar-refractivity contribution in [1.82, 2.24) is 0 Å². The molecular weight excluding hydrogens is 196 g/mol. The number of halogens is 1. The average molecular weight is 207 g/mol. The lowest BCUT2D eigenvalue weighted by molar-refractivity contribution is -0.143. The third-order valence-electron chi connectivity index (χ3n) is 3.11. The van der Waals surface area contributed by atoms with Crippen LogP contribution in [0.15, 0.2) is 0 Å². The minimum absolute atomic E-state index is 0. The van der Waals surface area contributed by atoms with Crippen LogP contribution in [0.4, 0.5) is 0 Å². The zero-order chi connectivity index (χ0) is 8.88. The van der Waals surface area contributed by atoms with E-state index in [0.29, 0.717) is 6.42 Å². The van der Waals surface area contributed by atoms with Gasteiger partial charge in [0.2, 0.25) is 0 Å². The zero-order valence-electron chi connectivity index (χ0n) is 6.84. The summed E-state index contributed by atoms with van der Waals surface area (Å²) in [5, 5.41) is 17.4. The lowest BCUT2D eigenvalue weighted by atomic mass is 10.0. The highest BCUT2D eigenvalue weighted by molar-refractivity contribution is 5.85. The van der Waals surface area contributed by atoms with Gasteiger partial charge >= 0.3 is 11.9 Å². The first kappa shape index (κ1) is 10.3. The van der Waals surface area contributed by atoms with Crippen LogP contribution >= 0.6 is 12.4 Å². The maximum Gasteiger partial charge on any atom is 0.307 e. The molecule has 2 saturated carbocycles. The predicted octanol–water partition coefficient (Wildman–Crippen LogP) is 0.850. The number of hydrogen-bond donors (Lipinski definition) is 2. The van der Waals surface area contributed by atoms with Gasteiger partial charge in [-0.25, -0.2) is 0 Å². The largest absolute Gasteiger partial charge is 0.481 e. The summed E-state index contributed by atoms with van der Waals surface area (Å²) in [4.78, 5) is 21.2. The van der Waals surface area contributed by atoms with Crippen molar-refractivity contribution in [1.29, 1.82) is 0 Å². The van der Waals surface area contributed by atoms with Gasteiger partial charge in [0.05, 0.1) is 11.8 Å². The lowest BCUT2D eigenvalue weighted by Crippen LogP contribution is -2.17. The second-order valence-corrected chi connectivity index (χ2v) is 3.63. The summed E-state index contributed by atoms with van der Waals surface area (Å²) >= 11 is 0. The Morgan fingerprint density at radius 1 is 1.08 bits per heavy atom. The molecule has 0 aromatic heterocycles. The van der Waals surface area contributed by atoms with E-state index >= 15 is 0 Å². The molecule has 74 valence electrons. The topological polar surface area (TPSA) is 74.6 Å². The molecule has 0 saturated heterocycles. The van der Waals surface area contributed by atoms with Gasteiger partial charge < -0.3 is 10.2 Å². The number of aliphatic carboxylic acids is 2. The van der Waals surface area contributed by atoms with Crippen LogP contribution in [-0.2, 0) is 9.59 Å². The molecule has 13 heavy (non-hydrogen) atoms. The molecule has 4 nitrogen and oxygen atoms in total. The summed E-state index contributed by atoms with van der Waals surface area (Å²) < 4.78 is 0. The van der Waals surface area contributed by atoms with Crippen LogP contribution in [0, 0.1) is 23.7 Å². The van der Waals surface area contributed by atoms with Gasteiger partial charge in [0.15, 0.2) is 0 Å². The Labute approximate surface area is 81.3 Å². The van der Waals surface area contributed by atoms with Crippen molar-refractivity contribution >= 4 is 24.3 Å². The molecule has 2 rings (SSSR count). The third-order valence-corrected chi connectivity index (χ3v) is 3.11. The van der Waals surface area contributed by atoms with E-state index in [1.165, 1.54) is 0 Å². The standard InChI is InChI=1S/C8H10O4.ClH/c9-7(10)4-2-1-3-5(4)6(3)8(11)12;/h3-6H,1-2H2,(H,9,10)(H,11,12);1H. The molecule has 4 atom stereocenters. The van der Waals surface area contributed by atoms with Crippen molar-refractivity contribution in [3.8, 4) is 0 Å². The van der Waals surface area contributed by atoms with Crippen LogP contribution in [-0.4, -0.2) is 22.2 Å². The molecule has 2 fully saturated rings. The van der Waals surface area contributed by atoms with Crippen molar-refractivity contribution in [3.63, 3.8) is 0 Å². The minimum Gasteiger partial charge on any atom is -0.481 e. The van der Waals surface area contributed by atoms with Gasteiger partial charge in [0, 0.05) is 0 Å². The van der Waals surface area contributed by atoms with Gasteiger partial charge in [-0.15, -0.1) is 12.4 Å². The van der Waals surface area contributed by atoms with E-state index in [2.05, 4.69) is 0 Å². The minimum atomic E-state index is -0.828. The van der Waals surface area contributed by atoms with Crippen molar-refractivity contribution in [3.05, 3.63) is 0 Å². The fourth-order valence-corrected chi connectivity index (χ4v) is 2.52. The highest BCUT2D eigenvalue weighted by Crippen LogP contribution is 2.60. The second kappa shape index (κ2) is 3.18. The molecule has 0 heterocycles. The normalized spacial score (nSPS) is 40.3. The third kappa shape index (κ3) is 1.39. The van der Waals surface area contributed by atoms with Crippen LogP contribution < -0.4 is 0 Å². The Morgan fingerprint density at radius 2 is 1.69 bits per heavy atom. The van der Waals surface area contributed by atoms with E-state index in [9.17, 15) is 9.59 Å². The molecule has 5 heteroatoms. The van der Waals surface area contributed by atoms with Gasteiger partial charge in [0.1, 0.15) is 0 Å². The lowest BCUT2D eigenvalue weighted by Gasteiger charge is -2.05. The molecule has 2 N–H and O–H groups in total. The van der Waals surface area contributed by atoms with E-state index in [0.717, 1.165) is 6.42 Å².